The van der Waals surface area contributed by atoms with Gasteiger partial charge in [-0.2, -0.15) is 0 Å². The molecule has 7 heteroatoms. The van der Waals surface area contributed by atoms with E-state index in [0.717, 1.165) is 43.7 Å². The van der Waals surface area contributed by atoms with Crippen molar-refractivity contribution < 1.29 is 9.53 Å². The van der Waals surface area contributed by atoms with Crippen LogP contribution in [-0.2, 0) is 11.2 Å². The van der Waals surface area contributed by atoms with Crippen LogP contribution in [-0.4, -0.2) is 68.6 Å². The number of ether oxygens (including phenoxy) is 1. The van der Waals surface area contributed by atoms with Gasteiger partial charge in [-0.15, -0.1) is 0 Å². The number of nitrogens with zero attached hydrogens (tertiary/aromatic N) is 2. The summed E-state index contributed by atoms with van der Waals surface area (Å²) in [6.07, 6.45) is 3.48. The van der Waals surface area contributed by atoms with Gasteiger partial charge in [0.1, 0.15) is 12.4 Å². The predicted octanol–water partition coefficient (Wildman–Crippen LogP) is 5.25. The maximum atomic E-state index is 13.2. The summed E-state index contributed by atoms with van der Waals surface area (Å²) in [5.41, 5.74) is 2.29. The van der Waals surface area contributed by atoms with Crippen molar-refractivity contribution in [3.8, 4) is 5.75 Å². The van der Waals surface area contributed by atoms with E-state index in [-0.39, 0.29) is 11.9 Å². The van der Waals surface area contributed by atoms with Crippen LogP contribution in [0.25, 0.3) is 0 Å². The molecule has 2 aromatic carbocycles. The van der Waals surface area contributed by atoms with Crippen molar-refractivity contribution in [1.82, 2.24) is 15.1 Å². The van der Waals surface area contributed by atoms with E-state index in [4.69, 9.17) is 27.9 Å². The number of halogens is 2. The van der Waals surface area contributed by atoms with Gasteiger partial charge in [-0.05, 0) is 88.1 Å². The Morgan fingerprint density at radius 1 is 1.12 bits per heavy atom. The Labute approximate surface area is 214 Å². The Morgan fingerprint density at radius 2 is 1.76 bits per heavy atom. The molecule has 1 fully saturated rings. The number of likely N-dealkylation sites (N-methyl/N-ethyl adjacent to an activating group) is 2. The number of likely N-dealkylation sites (tertiary alicyclic amines) is 1. The first-order chi connectivity index (χ1) is 16.3. The average molecular weight is 507 g/mol. The molecule has 1 saturated heterocycles. The van der Waals surface area contributed by atoms with Crippen molar-refractivity contribution in [2.75, 3.05) is 40.8 Å². The highest BCUT2D eigenvalue weighted by molar-refractivity contribution is 6.30. The molecule has 1 aliphatic rings. The Balaban J connectivity index is 1.62. The third kappa shape index (κ3) is 7.11. The van der Waals surface area contributed by atoms with Crippen molar-refractivity contribution in [3.05, 3.63) is 63.6 Å². The molecule has 0 aliphatic carbocycles. The minimum Gasteiger partial charge on any atom is -0.492 e. The molecular weight excluding hydrogens is 469 g/mol. The van der Waals surface area contributed by atoms with Gasteiger partial charge in [0.05, 0.1) is 6.04 Å². The fourth-order valence-corrected chi connectivity index (χ4v) is 4.88. The summed E-state index contributed by atoms with van der Waals surface area (Å²) >= 11 is 12.3. The van der Waals surface area contributed by atoms with Gasteiger partial charge in [0.15, 0.2) is 0 Å². The van der Waals surface area contributed by atoms with E-state index in [1.807, 2.05) is 48.3 Å². The lowest BCUT2D eigenvalue weighted by Crippen LogP contribution is -2.49. The number of amides is 1. The lowest BCUT2D eigenvalue weighted by atomic mass is 9.88. The summed E-state index contributed by atoms with van der Waals surface area (Å²) in [6, 6.07) is 13.8. The summed E-state index contributed by atoms with van der Waals surface area (Å²) in [7, 11) is 6.00. The standard InChI is InChI=1S/C27H37Cl2N3O2/c1-5-23(31(3)4)18-34-26-17-22(29)10-11-24(26)20-12-14-32(15-13-20)27(33)25(30-2)16-19-6-8-21(28)9-7-19/h6-11,17,20,23,25,30H,5,12-16,18H2,1-4H3/t23-,25-/m1/s1. The number of rotatable bonds is 10. The molecule has 0 spiro atoms. The fourth-order valence-electron chi connectivity index (χ4n) is 4.59. The molecule has 1 amide bonds. The molecule has 34 heavy (non-hydrogen) atoms. The predicted molar refractivity (Wildman–Crippen MR) is 141 cm³/mol. The quantitative estimate of drug-likeness (QED) is 0.478. The zero-order valence-corrected chi connectivity index (χ0v) is 22.2. The second-order valence-corrected chi connectivity index (χ2v) is 10.2. The van der Waals surface area contributed by atoms with Gasteiger partial charge in [0.25, 0.3) is 0 Å². The van der Waals surface area contributed by atoms with Crippen LogP contribution >= 0.6 is 23.2 Å². The minimum atomic E-state index is -0.246. The van der Waals surface area contributed by atoms with Crippen LogP contribution in [0.4, 0.5) is 0 Å². The highest BCUT2D eigenvalue weighted by atomic mass is 35.5. The van der Waals surface area contributed by atoms with Crippen LogP contribution in [0, 0.1) is 0 Å². The molecule has 1 heterocycles. The minimum absolute atomic E-state index is 0.153. The number of piperidine rings is 1. The van der Waals surface area contributed by atoms with Gasteiger partial charge in [-0.3, -0.25) is 4.79 Å². The smallest absolute Gasteiger partial charge is 0.240 e. The molecule has 0 saturated carbocycles. The Kier molecular flexibility index (Phi) is 10.1. The van der Waals surface area contributed by atoms with E-state index >= 15 is 0 Å². The van der Waals surface area contributed by atoms with E-state index in [1.165, 1.54) is 5.56 Å². The lowest BCUT2D eigenvalue weighted by molar-refractivity contribution is -0.134. The number of hydrogen-bond donors (Lipinski definition) is 1. The maximum absolute atomic E-state index is 13.2. The van der Waals surface area contributed by atoms with Gasteiger partial charge in [-0.1, -0.05) is 48.3 Å². The SMILES string of the molecule is CC[C@H](COc1cc(Cl)ccc1C1CCN(C(=O)[C@@H](Cc2ccc(Cl)cc2)NC)CC1)N(C)C. The van der Waals surface area contributed by atoms with E-state index < -0.39 is 0 Å². The lowest BCUT2D eigenvalue weighted by Gasteiger charge is -2.35. The third-order valence-electron chi connectivity index (χ3n) is 6.85. The zero-order valence-electron chi connectivity index (χ0n) is 20.7. The first-order valence-corrected chi connectivity index (χ1v) is 12.9. The monoisotopic (exact) mass is 505 g/mol. The maximum Gasteiger partial charge on any atom is 0.240 e. The number of nitrogens with one attached hydrogen (secondary N) is 1. The number of hydrogen-bond acceptors (Lipinski definition) is 4. The number of carbonyl (C=O) groups is 1. The molecule has 0 unspecified atom stereocenters. The average Bonchev–Trinajstić information content (AvgIpc) is 2.84. The summed E-state index contributed by atoms with van der Waals surface area (Å²) in [5.74, 6) is 1.37. The molecule has 3 rings (SSSR count). The molecular formula is C27H37Cl2N3O2. The van der Waals surface area contributed by atoms with Gasteiger partial charge in [-0.25, -0.2) is 0 Å². The molecule has 1 aliphatic heterocycles. The van der Waals surface area contributed by atoms with E-state index in [9.17, 15) is 4.79 Å². The molecule has 1 N–H and O–H groups in total. The topological polar surface area (TPSA) is 44.8 Å². The molecule has 186 valence electrons. The summed E-state index contributed by atoms with van der Waals surface area (Å²) < 4.78 is 6.26. The number of benzene rings is 2. The fraction of sp³-hybridized carbons (Fsp3) is 0.519. The normalized spacial score (nSPS) is 16.5. The van der Waals surface area contributed by atoms with E-state index in [2.05, 4.69) is 37.3 Å². The van der Waals surface area contributed by atoms with Crippen molar-refractivity contribution in [2.45, 2.75) is 50.6 Å². The van der Waals surface area contributed by atoms with Crippen molar-refractivity contribution in [1.29, 1.82) is 0 Å². The summed E-state index contributed by atoms with van der Waals surface area (Å²) in [6.45, 7) is 4.27. The van der Waals surface area contributed by atoms with Gasteiger partial charge in [0.2, 0.25) is 5.91 Å². The summed E-state index contributed by atoms with van der Waals surface area (Å²) in [4.78, 5) is 17.4. The highest BCUT2D eigenvalue weighted by Gasteiger charge is 2.29. The first-order valence-electron chi connectivity index (χ1n) is 12.1. The second kappa shape index (κ2) is 12.8. The molecule has 2 atom stereocenters. The first kappa shape index (κ1) is 26.8. The van der Waals surface area contributed by atoms with E-state index in [1.54, 1.807) is 0 Å². The van der Waals surface area contributed by atoms with Gasteiger partial charge in [0, 0.05) is 29.2 Å². The Morgan fingerprint density at radius 3 is 2.35 bits per heavy atom. The van der Waals surface area contributed by atoms with Gasteiger partial charge >= 0.3 is 0 Å². The van der Waals surface area contributed by atoms with Crippen LogP contribution in [0.15, 0.2) is 42.5 Å². The van der Waals surface area contributed by atoms with Crippen LogP contribution < -0.4 is 10.1 Å². The molecule has 5 nitrogen and oxygen atoms in total. The molecule has 0 radical (unpaired) electrons. The Bertz CT molecular complexity index is 928. The number of carbonyl (C=O) groups excluding carboxylic acids is 1. The zero-order chi connectivity index (χ0) is 24.7. The third-order valence-corrected chi connectivity index (χ3v) is 7.34. The molecule has 0 aromatic heterocycles. The van der Waals surface area contributed by atoms with Gasteiger partial charge < -0.3 is 19.9 Å². The van der Waals surface area contributed by atoms with Crippen molar-refractivity contribution in [3.63, 3.8) is 0 Å². The van der Waals surface area contributed by atoms with Crippen molar-refractivity contribution in [2.24, 2.45) is 0 Å². The Hall–Kier alpha value is -1.79. The molecule has 2 aromatic rings. The van der Waals surface area contributed by atoms with Crippen LogP contribution in [0.3, 0.4) is 0 Å². The van der Waals surface area contributed by atoms with Crippen LogP contribution in [0.1, 0.15) is 43.2 Å². The van der Waals surface area contributed by atoms with Crippen LogP contribution in [0.5, 0.6) is 5.75 Å². The van der Waals surface area contributed by atoms with Crippen LogP contribution in [0.2, 0.25) is 10.0 Å². The molecule has 0 bridgehead atoms. The largest absolute Gasteiger partial charge is 0.492 e. The highest BCUT2D eigenvalue weighted by Crippen LogP contribution is 2.36. The van der Waals surface area contributed by atoms with E-state index in [0.29, 0.717) is 35.0 Å². The second-order valence-electron chi connectivity index (χ2n) is 9.29. The van der Waals surface area contributed by atoms with Crippen molar-refractivity contribution >= 4 is 29.1 Å². The summed E-state index contributed by atoms with van der Waals surface area (Å²) in [5, 5.41) is 4.59.